The van der Waals surface area contributed by atoms with Gasteiger partial charge in [0.15, 0.2) is 5.82 Å². The van der Waals surface area contributed by atoms with E-state index < -0.39 is 6.03 Å². The van der Waals surface area contributed by atoms with Gasteiger partial charge in [0.05, 0.1) is 5.69 Å². The van der Waals surface area contributed by atoms with Gasteiger partial charge in [0.2, 0.25) is 0 Å². The van der Waals surface area contributed by atoms with Gasteiger partial charge in [-0.1, -0.05) is 18.2 Å². The van der Waals surface area contributed by atoms with Crippen molar-refractivity contribution in [1.82, 2.24) is 9.99 Å². The number of hydrogen-bond acceptors (Lipinski definition) is 4. The lowest BCUT2D eigenvalue weighted by molar-refractivity contribution is 0.0984. The average Bonchev–Trinajstić information content (AvgIpc) is 2.53. The molecular weight excluding hydrogens is 268 g/mol. The van der Waals surface area contributed by atoms with Crippen LogP contribution < -0.4 is 9.91 Å². The molecule has 1 aliphatic rings. The largest absolute Gasteiger partial charge is 0.350 e. The van der Waals surface area contributed by atoms with Crippen LogP contribution in [0.25, 0.3) is 0 Å². The monoisotopic (exact) mass is 282 g/mol. The SMILES string of the molecule is CN1C(=O)N(C(=O)c2ccccc2)c2cccnc2N1C. The standard InChI is InChI=1S/C15H14N4O2/c1-17-13-12(9-6-10-16-13)19(15(21)18(17)2)14(20)11-7-4-3-5-8-11/h3-10H,1-2H3. The molecule has 0 N–H and O–H groups in total. The molecule has 0 aliphatic carbocycles. The summed E-state index contributed by atoms with van der Waals surface area (Å²) >= 11 is 0. The van der Waals surface area contributed by atoms with E-state index in [4.69, 9.17) is 0 Å². The van der Waals surface area contributed by atoms with Crippen LogP contribution in [-0.4, -0.2) is 36.0 Å². The molecule has 0 saturated carbocycles. The van der Waals surface area contributed by atoms with Crippen LogP contribution in [0.5, 0.6) is 0 Å². The number of imide groups is 1. The van der Waals surface area contributed by atoms with Crippen LogP contribution in [-0.2, 0) is 0 Å². The number of anilines is 2. The van der Waals surface area contributed by atoms with Crippen molar-refractivity contribution in [3.05, 3.63) is 54.2 Å². The Morgan fingerprint density at radius 1 is 1.00 bits per heavy atom. The summed E-state index contributed by atoms with van der Waals surface area (Å²) < 4.78 is 0. The van der Waals surface area contributed by atoms with Crippen LogP contribution in [0.3, 0.4) is 0 Å². The van der Waals surface area contributed by atoms with E-state index in [1.807, 2.05) is 6.07 Å². The fourth-order valence-electron chi connectivity index (χ4n) is 2.24. The van der Waals surface area contributed by atoms with Gasteiger partial charge >= 0.3 is 6.03 Å². The third kappa shape index (κ3) is 2.01. The maximum atomic E-state index is 12.7. The summed E-state index contributed by atoms with van der Waals surface area (Å²) in [6.07, 6.45) is 1.63. The molecule has 0 saturated heterocycles. The quantitative estimate of drug-likeness (QED) is 0.804. The second kappa shape index (κ2) is 4.90. The summed E-state index contributed by atoms with van der Waals surface area (Å²) in [5.41, 5.74) is 0.940. The van der Waals surface area contributed by atoms with Crippen molar-refractivity contribution in [3.8, 4) is 0 Å². The summed E-state index contributed by atoms with van der Waals surface area (Å²) in [7, 11) is 3.33. The number of aromatic nitrogens is 1. The number of fused-ring (bicyclic) bond motifs is 1. The summed E-state index contributed by atoms with van der Waals surface area (Å²) in [6, 6.07) is 11.7. The minimum absolute atomic E-state index is 0.366. The number of nitrogens with zero attached hydrogens (tertiary/aromatic N) is 4. The highest BCUT2D eigenvalue weighted by molar-refractivity contribution is 6.23. The molecule has 0 radical (unpaired) electrons. The van der Waals surface area contributed by atoms with E-state index in [1.54, 1.807) is 61.7 Å². The zero-order valence-corrected chi connectivity index (χ0v) is 11.7. The third-order valence-corrected chi connectivity index (χ3v) is 3.46. The van der Waals surface area contributed by atoms with Gasteiger partial charge in [0.1, 0.15) is 0 Å². The Kier molecular flexibility index (Phi) is 3.06. The van der Waals surface area contributed by atoms with Crippen molar-refractivity contribution >= 4 is 23.4 Å². The van der Waals surface area contributed by atoms with Crippen LogP contribution in [0.2, 0.25) is 0 Å². The Bertz CT molecular complexity index is 702. The molecule has 0 bridgehead atoms. The molecule has 3 rings (SSSR count). The number of urea groups is 1. The number of amides is 3. The Morgan fingerprint density at radius 2 is 1.71 bits per heavy atom. The van der Waals surface area contributed by atoms with Gasteiger partial charge in [0.25, 0.3) is 5.91 Å². The Hall–Kier alpha value is -2.89. The van der Waals surface area contributed by atoms with Crippen molar-refractivity contribution in [2.24, 2.45) is 0 Å². The van der Waals surface area contributed by atoms with Crippen molar-refractivity contribution in [3.63, 3.8) is 0 Å². The highest BCUT2D eigenvalue weighted by Gasteiger charge is 2.36. The molecule has 0 fully saturated rings. The first kappa shape index (κ1) is 13.1. The first-order valence-electron chi connectivity index (χ1n) is 6.47. The second-order valence-corrected chi connectivity index (χ2v) is 4.68. The molecule has 21 heavy (non-hydrogen) atoms. The van der Waals surface area contributed by atoms with Gasteiger partial charge in [-0.3, -0.25) is 9.80 Å². The first-order valence-corrected chi connectivity index (χ1v) is 6.47. The number of hydrogen-bond donors (Lipinski definition) is 0. The Labute approximate surface area is 122 Å². The van der Waals surface area contributed by atoms with Crippen molar-refractivity contribution < 1.29 is 9.59 Å². The van der Waals surface area contributed by atoms with Crippen molar-refractivity contribution in [2.45, 2.75) is 0 Å². The van der Waals surface area contributed by atoms with Crippen LogP contribution in [0.4, 0.5) is 16.3 Å². The molecule has 1 aromatic carbocycles. The van der Waals surface area contributed by atoms with E-state index in [2.05, 4.69) is 4.98 Å². The molecule has 2 aromatic rings. The fourth-order valence-corrected chi connectivity index (χ4v) is 2.24. The van der Waals surface area contributed by atoms with E-state index in [1.165, 1.54) is 5.01 Å². The van der Waals surface area contributed by atoms with Gasteiger partial charge in [-0.2, -0.15) is 0 Å². The van der Waals surface area contributed by atoms with E-state index >= 15 is 0 Å². The van der Waals surface area contributed by atoms with Gasteiger partial charge < -0.3 is 0 Å². The van der Waals surface area contributed by atoms with Crippen molar-refractivity contribution in [2.75, 3.05) is 24.0 Å². The maximum Gasteiger partial charge on any atom is 0.350 e. The van der Waals surface area contributed by atoms with Crippen LogP contribution in [0, 0.1) is 0 Å². The third-order valence-electron chi connectivity index (χ3n) is 3.46. The molecule has 0 atom stereocenters. The van der Waals surface area contributed by atoms with Gasteiger partial charge in [-0.15, -0.1) is 0 Å². The number of hydrazine groups is 1. The van der Waals surface area contributed by atoms with Gasteiger partial charge in [0, 0.05) is 25.9 Å². The van der Waals surface area contributed by atoms with E-state index in [-0.39, 0.29) is 5.91 Å². The number of carbonyl (C=O) groups excluding carboxylic acids is 2. The maximum absolute atomic E-state index is 12.7. The predicted octanol–water partition coefficient (Wildman–Crippen LogP) is 2.15. The molecule has 0 unspecified atom stereocenters. The Morgan fingerprint density at radius 3 is 2.43 bits per heavy atom. The number of carbonyl (C=O) groups is 2. The normalized spacial score (nSPS) is 14.2. The highest BCUT2D eigenvalue weighted by Crippen LogP contribution is 2.33. The minimum Gasteiger partial charge on any atom is -0.268 e. The average molecular weight is 282 g/mol. The van der Waals surface area contributed by atoms with Gasteiger partial charge in [-0.25, -0.2) is 19.7 Å². The zero-order chi connectivity index (χ0) is 15.0. The molecule has 6 nitrogen and oxygen atoms in total. The molecule has 1 aliphatic heterocycles. The lowest BCUT2D eigenvalue weighted by Crippen LogP contribution is -2.55. The molecule has 0 spiro atoms. The number of pyridine rings is 1. The molecule has 106 valence electrons. The summed E-state index contributed by atoms with van der Waals surface area (Å²) in [5.74, 6) is 0.193. The predicted molar refractivity (Wildman–Crippen MR) is 79.1 cm³/mol. The van der Waals surface area contributed by atoms with Gasteiger partial charge in [-0.05, 0) is 24.3 Å². The zero-order valence-electron chi connectivity index (χ0n) is 11.7. The lowest BCUT2D eigenvalue weighted by atomic mass is 10.2. The molecule has 6 heteroatoms. The second-order valence-electron chi connectivity index (χ2n) is 4.68. The summed E-state index contributed by atoms with van der Waals surface area (Å²) in [5, 5.41) is 2.97. The molecular formula is C15H14N4O2. The minimum atomic E-state index is -0.410. The smallest absolute Gasteiger partial charge is 0.268 e. The van der Waals surface area contributed by atoms with E-state index in [0.717, 1.165) is 4.90 Å². The highest BCUT2D eigenvalue weighted by atomic mass is 16.2. The van der Waals surface area contributed by atoms with E-state index in [9.17, 15) is 9.59 Å². The Balaban J connectivity index is 2.11. The number of benzene rings is 1. The van der Waals surface area contributed by atoms with Crippen LogP contribution in [0.15, 0.2) is 48.7 Å². The number of rotatable bonds is 1. The molecule has 3 amide bonds. The molecule has 1 aromatic heterocycles. The topological polar surface area (TPSA) is 56.8 Å². The van der Waals surface area contributed by atoms with Crippen LogP contribution >= 0.6 is 0 Å². The van der Waals surface area contributed by atoms with E-state index in [0.29, 0.717) is 17.1 Å². The lowest BCUT2D eigenvalue weighted by Gasteiger charge is -2.39. The van der Waals surface area contributed by atoms with Crippen LogP contribution in [0.1, 0.15) is 10.4 Å². The molecule has 2 heterocycles. The summed E-state index contributed by atoms with van der Waals surface area (Å²) in [6.45, 7) is 0. The van der Waals surface area contributed by atoms with Crippen molar-refractivity contribution in [1.29, 1.82) is 0 Å². The first-order chi connectivity index (χ1) is 10.1. The summed E-state index contributed by atoms with van der Waals surface area (Å²) in [4.78, 5) is 30.5. The fraction of sp³-hybridized carbons (Fsp3) is 0.133.